The molecule has 3 aromatic carbocycles. The van der Waals surface area contributed by atoms with Crippen LogP contribution in [0.1, 0.15) is 87.5 Å². The van der Waals surface area contributed by atoms with Crippen molar-refractivity contribution in [2.45, 2.75) is 70.8 Å². The third-order valence-electron chi connectivity index (χ3n) is 8.99. The molecule has 2 aliphatic rings. The molecule has 42 heavy (non-hydrogen) atoms. The standard InChI is InChI=1S/C34H34F6O2/c1-3-42-28-17-16-25(31(37)34(28)40)22-10-6-20(7-11-22)19-4-8-21(9-5-19)24-13-15-27(33(39)30(24)36)26-14-12-23(18(2)41)29(35)32(26)38/h10,12-21,41H,3-9,11H2,1-2H3. The van der Waals surface area contributed by atoms with Crippen LogP contribution in [0.15, 0.2) is 42.5 Å². The molecule has 0 aromatic heterocycles. The Kier molecular flexibility index (Phi) is 9.02. The summed E-state index contributed by atoms with van der Waals surface area (Å²) in [5, 5.41) is 9.60. The van der Waals surface area contributed by atoms with Crippen LogP contribution >= 0.6 is 0 Å². The molecule has 1 fully saturated rings. The largest absolute Gasteiger partial charge is 0.491 e. The molecule has 0 saturated heterocycles. The van der Waals surface area contributed by atoms with Crippen LogP contribution in [0.25, 0.3) is 16.7 Å². The molecule has 224 valence electrons. The lowest BCUT2D eigenvalue weighted by Gasteiger charge is -2.36. The SMILES string of the molecule is CCOc1ccc(C2=CCC(C3CCC(c4ccc(-c5ccc(C(C)O)c(F)c5F)c(F)c4F)CC3)CC2)c(F)c1F. The Morgan fingerprint density at radius 1 is 0.714 bits per heavy atom. The van der Waals surface area contributed by atoms with Gasteiger partial charge in [-0.2, -0.15) is 4.39 Å². The van der Waals surface area contributed by atoms with Gasteiger partial charge in [0, 0.05) is 22.3 Å². The number of benzene rings is 3. The number of hydrogen-bond acceptors (Lipinski definition) is 2. The lowest BCUT2D eigenvalue weighted by molar-refractivity contribution is 0.193. The van der Waals surface area contributed by atoms with Crippen LogP contribution in [0.5, 0.6) is 5.75 Å². The number of allylic oxidation sites excluding steroid dienone is 2. The monoisotopic (exact) mass is 588 g/mol. The van der Waals surface area contributed by atoms with Gasteiger partial charge in [0.2, 0.25) is 5.82 Å². The van der Waals surface area contributed by atoms with E-state index in [1.165, 1.54) is 31.2 Å². The summed E-state index contributed by atoms with van der Waals surface area (Å²) >= 11 is 0. The fourth-order valence-corrected chi connectivity index (χ4v) is 6.66. The summed E-state index contributed by atoms with van der Waals surface area (Å²) in [6.07, 6.45) is 5.94. The molecule has 5 rings (SSSR count). The molecule has 1 N–H and O–H groups in total. The van der Waals surface area contributed by atoms with Crippen molar-refractivity contribution in [3.63, 3.8) is 0 Å². The molecule has 0 aliphatic heterocycles. The second-order valence-electron chi connectivity index (χ2n) is 11.4. The molecule has 2 atom stereocenters. The molecule has 2 aliphatic carbocycles. The average Bonchev–Trinajstić information content (AvgIpc) is 2.99. The van der Waals surface area contributed by atoms with E-state index in [2.05, 4.69) is 0 Å². The first kappa shape index (κ1) is 30.2. The number of ether oxygens (including phenoxy) is 1. The van der Waals surface area contributed by atoms with E-state index in [-0.39, 0.29) is 40.5 Å². The van der Waals surface area contributed by atoms with Crippen molar-refractivity contribution in [3.05, 3.63) is 94.1 Å². The molecule has 0 radical (unpaired) electrons. The second-order valence-corrected chi connectivity index (χ2v) is 11.4. The number of aliphatic hydroxyl groups excluding tert-OH is 1. The van der Waals surface area contributed by atoms with Gasteiger partial charge in [-0.25, -0.2) is 22.0 Å². The lowest BCUT2D eigenvalue weighted by Crippen LogP contribution is -2.23. The van der Waals surface area contributed by atoms with Gasteiger partial charge >= 0.3 is 0 Å². The number of rotatable bonds is 7. The van der Waals surface area contributed by atoms with E-state index in [0.717, 1.165) is 37.3 Å². The van der Waals surface area contributed by atoms with E-state index in [1.807, 2.05) is 6.08 Å². The number of halogens is 6. The average molecular weight is 589 g/mol. The van der Waals surface area contributed by atoms with Crippen LogP contribution in [0.2, 0.25) is 0 Å². The van der Waals surface area contributed by atoms with E-state index in [9.17, 15) is 22.7 Å². The highest BCUT2D eigenvalue weighted by molar-refractivity contribution is 5.68. The highest BCUT2D eigenvalue weighted by Crippen LogP contribution is 2.45. The van der Waals surface area contributed by atoms with Crippen molar-refractivity contribution in [2.24, 2.45) is 11.8 Å². The zero-order valence-corrected chi connectivity index (χ0v) is 23.6. The molecular weight excluding hydrogens is 554 g/mol. The van der Waals surface area contributed by atoms with Gasteiger partial charge in [-0.15, -0.1) is 0 Å². The second kappa shape index (κ2) is 12.5. The fourth-order valence-electron chi connectivity index (χ4n) is 6.66. The van der Waals surface area contributed by atoms with Crippen LogP contribution in [0.3, 0.4) is 0 Å². The molecule has 8 heteroatoms. The minimum atomic E-state index is -1.33. The molecule has 3 aromatic rings. The summed E-state index contributed by atoms with van der Waals surface area (Å²) in [6.45, 7) is 3.24. The quantitative estimate of drug-likeness (QED) is 0.279. The third-order valence-corrected chi connectivity index (χ3v) is 8.99. The summed E-state index contributed by atoms with van der Waals surface area (Å²) in [5.41, 5.74) is 0.255. The summed E-state index contributed by atoms with van der Waals surface area (Å²) < 4.78 is 93.7. The van der Waals surface area contributed by atoms with Crippen molar-refractivity contribution in [1.29, 1.82) is 0 Å². The van der Waals surface area contributed by atoms with Gasteiger partial charge in [-0.3, -0.25) is 0 Å². The van der Waals surface area contributed by atoms with Crippen LogP contribution in [0, 0.1) is 46.7 Å². The minimum Gasteiger partial charge on any atom is -0.491 e. The van der Waals surface area contributed by atoms with Crippen molar-refractivity contribution in [2.75, 3.05) is 6.61 Å². The van der Waals surface area contributed by atoms with Crippen molar-refractivity contribution >= 4 is 5.57 Å². The summed E-state index contributed by atoms with van der Waals surface area (Å²) in [6, 6.07) is 8.08. The van der Waals surface area contributed by atoms with Crippen LogP contribution in [0.4, 0.5) is 26.3 Å². The zero-order chi connectivity index (χ0) is 30.1. The van der Waals surface area contributed by atoms with Crippen molar-refractivity contribution in [1.82, 2.24) is 0 Å². The zero-order valence-electron chi connectivity index (χ0n) is 23.6. The van der Waals surface area contributed by atoms with Gasteiger partial charge in [0.1, 0.15) is 0 Å². The minimum absolute atomic E-state index is 0.0943. The predicted octanol–water partition coefficient (Wildman–Crippen LogP) is 9.80. The van der Waals surface area contributed by atoms with E-state index in [0.29, 0.717) is 31.1 Å². The molecule has 1 saturated carbocycles. The first-order valence-corrected chi connectivity index (χ1v) is 14.6. The Hall–Kier alpha value is -3.26. The first-order valence-electron chi connectivity index (χ1n) is 14.6. The Labute approximate surface area is 242 Å². The van der Waals surface area contributed by atoms with Gasteiger partial charge in [0.25, 0.3) is 0 Å². The molecule has 0 bridgehead atoms. The van der Waals surface area contributed by atoms with Crippen LogP contribution in [-0.4, -0.2) is 11.7 Å². The Morgan fingerprint density at radius 3 is 1.95 bits per heavy atom. The highest BCUT2D eigenvalue weighted by atomic mass is 19.2. The summed E-state index contributed by atoms with van der Waals surface area (Å²) in [4.78, 5) is 0. The van der Waals surface area contributed by atoms with E-state index >= 15 is 8.78 Å². The van der Waals surface area contributed by atoms with Gasteiger partial charge in [-0.1, -0.05) is 30.3 Å². The van der Waals surface area contributed by atoms with Crippen molar-refractivity contribution in [3.8, 4) is 16.9 Å². The van der Waals surface area contributed by atoms with E-state index in [1.54, 1.807) is 13.0 Å². The maximum absolute atomic E-state index is 15.3. The van der Waals surface area contributed by atoms with Gasteiger partial charge in [0.05, 0.1) is 12.7 Å². The molecule has 2 unspecified atom stereocenters. The maximum Gasteiger partial charge on any atom is 0.201 e. The molecule has 2 nitrogen and oxygen atoms in total. The van der Waals surface area contributed by atoms with E-state index in [4.69, 9.17) is 4.74 Å². The maximum atomic E-state index is 15.3. The third kappa shape index (κ3) is 5.70. The van der Waals surface area contributed by atoms with Gasteiger partial charge < -0.3 is 9.84 Å². The van der Waals surface area contributed by atoms with Gasteiger partial charge in [0.15, 0.2) is 34.8 Å². The van der Waals surface area contributed by atoms with Gasteiger partial charge in [-0.05, 0) is 99.8 Å². The van der Waals surface area contributed by atoms with E-state index < -0.39 is 46.6 Å². The Balaban J connectivity index is 1.24. The summed E-state index contributed by atoms with van der Waals surface area (Å²) in [7, 11) is 0. The van der Waals surface area contributed by atoms with Crippen LogP contribution < -0.4 is 4.74 Å². The molecule has 0 amide bonds. The summed E-state index contributed by atoms with van der Waals surface area (Å²) in [5.74, 6) is -6.29. The highest BCUT2D eigenvalue weighted by Gasteiger charge is 2.32. The lowest BCUT2D eigenvalue weighted by atomic mass is 9.70. The van der Waals surface area contributed by atoms with Crippen LogP contribution in [-0.2, 0) is 0 Å². The van der Waals surface area contributed by atoms with Crippen molar-refractivity contribution < 1.29 is 36.2 Å². The Morgan fingerprint density at radius 2 is 1.33 bits per heavy atom. The smallest absolute Gasteiger partial charge is 0.201 e. The fraction of sp³-hybridized carbons (Fsp3) is 0.412. The molecule has 0 heterocycles. The Bertz CT molecular complexity index is 1490. The molecular formula is C34H34F6O2. The molecule has 0 spiro atoms. The normalized spacial score (nSPS) is 21.6. The predicted molar refractivity (Wildman–Crippen MR) is 150 cm³/mol. The topological polar surface area (TPSA) is 29.5 Å². The number of aliphatic hydroxyl groups is 1. The number of hydrogen-bond donors (Lipinski definition) is 1. The first-order chi connectivity index (χ1) is 20.1.